The van der Waals surface area contributed by atoms with Gasteiger partial charge in [0.05, 0.1) is 26.0 Å². The third-order valence-corrected chi connectivity index (χ3v) is 3.44. The van der Waals surface area contributed by atoms with Crippen LogP contribution in [0.2, 0.25) is 0 Å². The minimum absolute atomic E-state index is 0.272. The zero-order valence-corrected chi connectivity index (χ0v) is 14.6. The number of amides is 1. The lowest BCUT2D eigenvalue weighted by Gasteiger charge is -2.08. The SMILES string of the molecule is CCCCNc1cnc(C(=O)NCCOc2ccc(OC)cc2)cn1. The summed E-state index contributed by atoms with van der Waals surface area (Å²) in [6.45, 7) is 3.71. The van der Waals surface area contributed by atoms with E-state index in [9.17, 15) is 4.79 Å². The van der Waals surface area contributed by atoms with Crippen LogP contribution in [0.5, 0.6) is 11.5 Å². The maximum Gasteiger partial charge on any atom is 0.271 e. The Hall–Kier alpha value is -2.83. The molecule has 25 heavy (non-hydrogen) atoms. The average molecular weight is 344 g/mol. The molecule has 7 heteroatoms. The molecule has 0 bridgehead atoms. The largest absolute Gasteiger partial charge is 0.497 e. The Morgan fingerprint density at radius 1 is 1.08 bits per heavy atom. The van der Waals surface area contributed by atoms with E-state index in [-0.39, 0.29) is 11.6 Å². The van der Waals surface area contributed by atoms with Crippen LogP contribution in [-0.4, -0.2) is 42.7 Å². The van der Waals surface area contributed by atoms with Gasteiger partial charge < -0.3 is 20.1 Å². The van der Waals surface area contributed by atoms with Crippen molar-refractivity contribution in [2.24, 2.45) is 0 Å². The Labute approximate surface area is 147 Å². The smallest absolute Gasteiger partial charge is 0.271 e. The summed E-state index contributed by atoms with van der Waals surface area (Å²) >= 11 is 0. The highest BCUT2D eigenvalue weighted by molar-refractivity contribution is 5.91. The molecule has 0 spiro atoms. The van der Waals surface area contributed by atoms with E-state index in [2.05, 4.69) is 27.5 Å². The summed E-state index contributed by atoms with van der Waals surface area (Å²) in [6.07, 6.45) is 5.21. The molecule has 2 rings (SSSR count). The molecule has 1 aromatic heterocycles. The minimum Gasteiger partial charge on any atom is -0.497 e. The highest BCUT2D eigenvalue weighted by Gasteiger charge is 2.07. The maximum atomic E-state index is 12.0. The van der Waals surface area contributed by atoms with E-state index < -0.39 is 0 Å². The Morgan fingerprint density at radius 2 is 1.84 bits per heavy atom. The Morgan fingerprint density at radius 3 is 2.48 bits per heavy atom. The van der Waals surface area contributed by atoms with Crippen LogP contribution in [0, 0.1) is 0 Å². The second-order valence-electron chi connectivity index (χ2n) is 5.35. The molecule has 0 fully saturated rings. The third-order valence-electron chi connectivity index (χ3n) is 3.44. The molecule has 134 valence electrons. The molecule has 0 aliphatic heterocycles. The Balaban J connectivity index is 1.70. The van der Waals surface area contributed by atoms with Gasteiger partial charge in [0.25, 0.3) is 5.91 Å². The predicted octanol–water partition coefficient (Wildman–Crippen LogP) is 2.51. The highest BCUT2D eigenvalue weighted by Crippen LogP contribution is 2.16. The van der Waals surface area contributed by atoms with E-state index >= 15 is 0 Å². The Kier molecular flexibility index (Phi) is 7.49. The third kappa shape index (κ3) is 6.29. The number of rotatable bonds is 10. The molecule has 1 heterocycles. The van der Waals surface area contributed by atoms with Gasteiger partial charge in [-0.05, 0) is 30.7 Å². The fourth-order valence-corrected chi connectivity index (χ4v) is 2.03. The summed E-state index contributed by atoms with van der Waals surface area (Å²) in [4.78, 5) is 20.3. The van der Waals surface area contributed by atoms with Crippen LogP contribution >= 0.6 is 0 Å². The van der Waals surface area contributed by atoms with Crippen molar-refractivity contribution in [3.63, 3.8) is 0 Å². The van der Waals surface area contributed by atoms with E-state index in [4.69, 9.17) is 9.47 Å². The molecule has 2 N–H and O–H groups in total. The minimum atomic E-state index is -0.272. The van der Waals surface area contributed by atoms with Crippen LogP contribution in [0.15, 0.2) is 36.7 Å². The number of anilines is 1. The number of unbranched alkanes of at least 4 members (excludes halogenated alkanes) is 1. The number of hydrogen-bond donors (Lipinski definition) is 2. The number of benzene rings is 1. The van der Waals surface area contributed by atoms with Crippen molar-refractivity contribution in [1.82, 2.24) is 15.3 Å². The van der Waals surface area contributed by atoms with Gasteiger partial charge >= 0.3 is 0 Å². The zero-order valence-electron chi connectivity index (χ0n) is 14.6. The molecule has 1 amide bonds. The van der Waals surface area contributed by atoms with Crippen molar-refractivity contribution in [2.45, 2.75) is 19.8 Å². The highest BCUT2D eigenvalue weighted by atomic mass is 16.5. The first-order valence-corrected chi connectivity index (χ1v) is 8.34. The van der Waals surface area contributed by atoms with Crippen molar-refractivity contribution in [3.8, 4) is 11.5 Å². The fourth-order valence-electron chi connectivity index (χ4n) is 2.03. The van der Waals surface area contributed by atoms with Gasteiger partial charge in [-0.3, -0.25) is 4.79 Å². The number of ether oxygens (including phenoxy) is 2. The van der Waals surface area contributed by atoms with Gasteiger partial charge in [-0.2, -0.15) is 0 Å². The van der Waals surface area contributed by atoms with Gasteiger partial charge in [0.2, 0.25) is 0 Å². The summed E-state index contributed by atoms with van der Waals surface area (Å²) < 4.78 is 10.6. The van der Waals surface area contributed by atoms with Crippen LogP contribution in [0.4, 0.5) is 5.82 Å². The van der Waals surface area contributed by atoms with E-state index in [1.54, 1.807) is 13.3 Å². The van der Waals surface area contributed by atoms with Crippen molar-refractivity contribution in [3.05, 3.63) is 42.4 Å². The lowest BCUT2D eigenvalue weighted by atomic mass is 10.3. The van der Waals surface area contributed by atoms with Crippen molar-refractivity contribution in [1.29, 1.82) is 0 Å². The quantitative estimate of drug-likeness (QED) is 0.644. The van der Waals surface area contributed by atoms with Gasteiger partial charge in [0.1, 0.15) is 29.6 Å². The molecule has 0 aliphatic rings. The van der Waals surface area contributed by atoms with Crippen LogP contribution < -0.4 is 20.1 Å². The van der Waals surface area contributed by atoms with Gasteiger partial charge in [0, 0.05) is 6.54 Å². The molecule has 0 saturated carbocycles. The number of carbonyl (C=O) groups is 1. The summed E-state index contributed by atoms with van der Waals surface area (Å²) in [5.74, 6) is 1.89. The summed E-state index contributed by atoms with van der Waals surface area (Å²) in [6, 6.07) is 7.27. The van der Waals surface area contributed by atoms with E-state index in [1.807, 2.05) is 24.3 Å². The van der Waals surface area contributed by atoms with Gasteiger partial charge in [0.15, 0.2) is 0 Å². The van der Waals surface area contributed by atoms with Crippen molar-refractivity contribution >= 4 is 11.7 Å². The second-order valence-corrected chi connectivity index (χ2v) is 5.35. The monoisotopic (exact) mass is 344 g/mol. The molecular formula is C18H24N4O3. The first-order chi connectivity index (χ1) is 12.2. The number of nitrogens with zero attached hydrogens (tertiary/aromatic N) is 2. The number of nitrogens with one attached hydrogen (secondary N) is 2. The summed E-state index contributed by atoms with van der Waals surface area (Å²) in [7, 11) is 1.61. The van der Waals surface area contributed by atoms with Gasteiger partial charge in [-0.1, -0.05) is 13.3 Å². The van der Waals surface area contributed by atoms with Crippen molar-refractivity contribution < 1.29 is 14.3 Å². The molecule has 7 nitrogen and oxygen atoms in total. The van der Waals surface area contributed by atoms with Crippen LogP contribution in [-0.2, 0) is 0 Å². The molecule has 2 aromatic rings. The standard InChI is InChI=1S/C18H24N4O3/c1-3-4-9-19-17-13-21-16(12-22-17)18(23)20-10-11-25-15-7-5-14(24-2)6-8-15/h5-8,12-13H,3-4,9-11H2,1-2H3,(H,19,22)(H,20,23). The lowest BCUT2D eigenvalue weighted by molar-refractivity contribution is 0.0941. The lowest BCUT2D eigenvalue weighted by Crippen LogP contribution is -2.29. The predicted molar refractivity (Wildman–Crippen MR) is 96.3 cm³/mol. The fraction of sp³-hybridized carbons (Fsp3) is 0.389. The molecule has 0 radical (unpaired) electrons. The van der Waals surface area contributed by atoms with Gasteiger partial charge in [-0.15, -0.1) is 0 Å². The zero-order chi connectivity index (χ0) is 17.9. The number of methoxy groups -OCH3 is 1. The van der Waals surface area contributed by atoms with E-state index in [1.165, 1.54) is 6.20 Å². The number of aromatic nitrogens is 2. The van der Waals surface area contributed by atoms with Crippen LogP contribution in [0.3, 0.4) is 0 Å². The van der Waals surface area contributed by atoms with Crippen LogP contribution in [0.25, 0.3) is 0 Å². The maximum absolute atomic E-state index is 12.0. The topological polar surface area (TPSA) is 85.4 Å². The molecule has 0 atom stereocenters. The molecule has 0 aliphatic carbocycles. The molecule has 1 aromatic carbocycles. The number of carbonyl (C=O) groups excluding carboxylic acids is 1. The molecule has 0 unspecified atom stereocenters. The normalized spacial score (nSPS) is 10.2. The van der Waals surface area contributed by atoms with Crippen LogP contribution in [0.1, 0.15) is 30.3 Å². The second kappa shape index (κ2) is 10.1. The number of hydrogen-bond acceptors (Lipinski definition) is 6. The Bertz CT molecular complexity index is 644. The summed E-state index contributed by atoms with van der Waals surface area (Å²) in [5, 5.41) is 5.91. The molecular weight excluding hydrogens is 320 g/mol. The summed E-state index contributed by atoms with van der Waals surface area (Å²) in [5.41, 5.74) is 0.283. The van der Waals surface area contributed by atoms with Crippen molar-refractivity contribution in [2.75, 3.05) is 32.1 Å². The van der Waals surface area contributed by atoms with E-state index in [0.717, 1.165) is 30.9 Å². The van der Waals surface area contributed by atoms with E-state index in [0.29, 0.717) is 19.0 Å². The first-order valence-electron chi connectivity index (χ1n) is 8.34. The first kappa shape index (κ1) is 18.5. The average Bonchev–Trinajstić information content (AvgIpc) is 2.66. The van der Waals surface area contributed by atoms with Gasteiger partial charge in [-0.25, -0.2) is 9.97 Å². The molecule has 0 saturated heterocycles.